The molecule has 1 amide bonds. The normalized spacial score (nSPS) is 15.8. The number of esters is 1. The van der Waals surface area contributed by atoms with E-state index in [1.54, 1.807) is 19.2 Å². The van der Waals surface area contributed by atoms with Gasteiger partial charge in [0, 0.05) is 49.4 Å². The van der Waals surface area contributed by atoms with Crippen LogP contribution < -0.4 is 9.64 Å². The summed E-state index contributed by atoms with van der Waals surface area (Å²) in [4.78, 5) is 28.8. The summed E-state index contributed by atoms with van der Waals surface area (Å²) in [5.41, 5.74) is 4.21. The van der Waals surface area contributed by atoms with Crippen molar-refractivity contribution < 1.29 is 28.6 Å². The molecule has 0 unspecified atom stereocenters. The van der Waals surface area contributed by atoms with Crippen LogP contribution in [-0.4, -0.2) is 55.2 Å². The van der Waals surface area contributed by atoms with Crippen LogP contribution in [0.15, 0.2) is 35.9 Å². The SMILES string of the molecule is COc1c(C)c2c(c(O)c1C/C=C(\C)CCC(=O)N1CCN(c3ccc(F)cc3)CC1)C(=O)OC2. The number of piperazine rings is 1. The van der Waals surface area contributed by atoms with E-state index >= 15 is 0 Å². The van der Waals surface area contributed by atoms with Crippen molar-refractivity contribution in [3.05, 3.63) is 64.0 Å². The molecule has 4 rings (SSSR count). The Labute approximate surface area is 204 Å². The molecule has 0 spiro atoms. The molecule has 2 aliphatic heterocycles. The second kappa shape index (κ2) is 10.4. The number of hydrogen-bond acceptors (Lipinski definition) is 6. The van der Waals surface area contributed by atoms with Gasteiger partial charge in [0.1, 0.15) is 29.5 Å². The van der Waals surface area contributed by atoms with Crippen LogP contribution in [0.1, 0.15) is 46.8 Å². The van der Waals surface area contributed by atoms with Gasteiger partial charge in [0.15, 0.2) is 0 Å². The fourth-order valence-corrected chi connectivity index (χ4v) is 4.73. The number of fused-ring (bicyclic) bond motifs is 1. The highest BCUT2D eigenvalue weighted by atomic mass is 19.1. The molecule has 0 aromatic heterocycles. The van der Waals surface area contributed by atoms with Gasteiger partial charge in [-0.3, -0.25) is 4.79 Å². The zero-order chi connectivity index (χ0) is 25.1. The molecule has 186 valence electrons. The van der Waals surface area contributed by atoms with Crippen LogP contribution in [0.2, 0.25) is 0 Å². The molecule has 1 fully saturated rings. The van der Waals surface area contributed by atoms with E-state index in [2.05, 4.69) is 4.90 Å². The number of rotatable bonds is 7. The van der Waals surface area contributed by atoms with Crippen molar-refractivity contribution in [2.75, 3.05) is 38.2 Å². The first-order chi connectivity index (χ1) is 16.8. The summed E-state index contributed by atoms with van der Waals surface area (Å²) in [5.74, 6) is -0.209. The number of phenols is 1. The van der Waals surface area contributed by atoms with E-state index < -0.39 is 5.97 Å². The Morgan fingerprint density at radius 2 is 1.86 bits per heavy atom. The van der Waals surface area contributed by atoms with Crippen molar-refractivity contribution in [3.8, 4) is 11.5 Å². The predicted molar refractivity (Wildman–Crippen MR) is 130 cm³/mol. The number of anilines is 1. The number of cyclic esters (lactones) is 1. The molecule has 0 atom stereocenters. The number of aromatic hydroxyl groups is 1. The second-order valence-electron chi connectivity index (χ2n) is 9.01. The number of hydrogen-bond donors (Lipinski definition) is 1. The topological polar surface area (TPSA) is 79.3 Å². The van der Waals surface area contributed by atoms with E-state index in [-0.39, 0.29) is 29.6 Å². The number of methoxy groups -OCH3 is 1. The molecular weight excluding hydrogens is 451 g/mol. The minimum atomic E-state index is -0.518. The highest BCUT2D eigenvalue weighted by molar-refractivity contribution is 5.98. The third-order valence-corrected chi connectivity index (χ3v) is 6.86. The van der Waals surface area contributed by atoms with E-state index in [1.807, 2.05) is 24.8 Å². The van der Waals surface area contributed by atoms with Crippen molar-refractivity contribution in [3.63, 3.8) is 0 Å². The summed E-state index contributed by atoms with van der Waals surface area (Å²) in [5, 5.41) is 10.7. The van der Waals surface area contributed by atoms with Gasteiger partial charge in [-0.05, 0) is 56.5 Å². The van der Waals surface area contributed by atoms with Crippen LogP contribution in [0.4, 0.5) is 10.1 Å². The molecule has 7 nitrogen and oxygen atoms in total. The molecule has 2 aromatic carbocycles. The molecule has 1 saturated heterocycles. The lowest BCUT2D eigenvalue weighted by Crippen LogP contribution is -2.48. The number of ether oxygens (including phenoxy) is 2. The monoisotopic (exact) mass is 482 g/mol. The number of halogens is 1. The lowest BCUT2D eigenvalue weighted by molar-refractivity contribution is -0.131. The highest BCUT2D eigenvalue weighted by Gasteiger charge is 2.32. The number of allylic oxidation sites excluding steroid dienone is 2. The molecule has 1 N–H and O–H groups in total. The Morgan fingerprint density at radius 3 is 2.51 bits per heavy atom. The molecule has 35 heavy (non-hydrogen) atoms. The molecular formula is C27H31FN2O5. The van der Waals surface area contributed by atoms with Gasteiger partial charge in [0.25, 0.3) is 0 Å². The van der Waals surface area contributed by atoms with Gasteiger partial charge in [-0.25, -0.2) is 9.18 Å². The van der Waals surface area contributed by atoms with Gasteiger partial charge < -0.3 is 24.4 Å². The van der Waals surface area contributed by atoms with Crippen LogP contribution in [-0.2, 0) is 22.6 Å². The first-order valence-corrected chi connectivity index (χ1v) is 11.8. The third-order valence-electron chi connectivity index (χ3n) is 6.86. The molecule has 2 heterocycles. The maximum atomic E-state index is 13.2. The summed E-state index contributed by atoms with van der Waals surface area (Å²) >= 11 is 0. The first kappa shape index (κ1) is 24.6. The lowest BCUT2D eigenvalue weighted by Gasteiger charge is -2.36. The summed E-state index contributed by atoms with van der Waals surface area (Å²) in [6.45, 7) is 6.64. The van der Waals surface area contributed by atoms with Crippen LogP contribution in [0.5, 0.6) is 11.5 Å². The number of amides is 1. The summed E-state index contributed by atoms with van der Waals surface area (Å²) < 4.78 is 23.8. The van der Waals surface area contributed by atoms with Gasteiger partial charge in [0.05, 0.1) is 7.11 Å². The Balaban J connectivity index is 1.33. The van der Waals surface area contributed by atoms with Gasteiger partial charge in [-0.2, -0.15) is 0 Å². The van der Waals surface area contributed by atoms with Crippen molar-refractivity contribution in [2.45, 2.75) is 39.7 Å². The molecule has 0 radical (unpaired) electrons. The molecule has 2 aromatic rings. The molecule has 2 aliphatic rings. The van der Waals surface area contributed by atoms with Gasteiger partial charge in [-0.1, -0.05) is 11.6 Å². The van der Waals surface area contributed by atoms with Crippen molar-refractivity contribution in [1.82, 2.24) is 4.90 Å². The van der Waals surface area contributed by atoms with Crippen LogP contribution in [0, 0.1) is 12.7 Å². The van der Waals surface area contributed by atoms with E-state index in [9.17, 15) is 19.1 Å². The van der Waals surface area contributed by atoms with E-state index in [0.717, 1.165) is 16.8 Å². The largest absolute Gasteiger partial charge is 0.507 e. The predicted octanol–water partition coefficient (Wildman–Crippen LogP) is 4.14. The minimum Gasteiger partial charge on any atom is -0.507 e. The minimum absolute atomic E-state index is 0.0934. The van der Waals surface area contributed by atoms with Gasteiger partial charge in [-0.15, -0.1) is 0 Å². The second-order valence-corrected chi connectivity index (χ2v) is 9.01. The Morgan fingerprint density at radius 1 is 1.17 bits per heavy atom. The van der Waals surface area contributed by atoms with Crippen molar-refractivity contribution in [1.29, 1.82) is 0 Å². The Hall–Kier alpha value is -3.55. The smallest absolute Gasteiger partial charge is 0.342 e. The summed E-state index contributed by atoms with van der Waals surface area (Å²) in [7, 11) is 1.54. The standard InChI is InChI=1S/C27H31FN2O5/c1-17(4-10-21-25(32)24-22(16-35-27(24)33)18(2)26(21)34-3)5-11-23(31)30-14-12-29(13-15-30)20-8-6-19(28)7-9-20/h4,6-9,32H,5,10-16H2,1-3H3/b17-4+. The van der Waals surface area contributed by atoms with Crippen LogP contribution in [0.25, 0.3) is 0 Å². The highest BCUT2D eigenvalue weighted by Crippen LogP contribution is 2.42. The molecule has 0 bridgehead atoms. The summed E-state index contributed by atoms with van der Waals surface area (Å²) in [6, 6.07) is 6.43. The summed E-state index contributed by atoms with van der Waals surface area (Å²) in [6.07, 6.45) is 3.35. The quantitative estimate of drug-likeness (QED) is 0.472. The van der Waals surface area contributed by atoms with Gasteiger partial charge >= 0.3 is 5.97 Å². The maximum absolute atomic E-state index is 13.2. The third kappa shape index (κ3) is 5.11. The molecule has 0 aliphatic carbocycles. The number of nitrogens with zero attached hydrogens (tertiary/aromatic N) is 2. The molecule has 8 heteroatoms. The Kier molecular flexibility index (Phi) is 7.28. The maximum Gasteiger partial charge on any atom is 0.342 e. The fourth-order valence-electron chi connectivity index (χ4n) is 4.73. The molecule has 0 saturated carbocycles. The fraction of sp³-hybridized carbons (Fsp3) is 0.407. The van der Waals surface area contributed by atoms with E-state index in [4.69, 9.17) is 9.47 Å². The first-order valence-electron chi connectivity index (χ1n) is 11.8. The lowest BCUT2D eigenvalue weighted by atomic mass is 9.94. The average Bonchev–Trinajstić information content (AvgIpc) is 3.26. The average molecular weight is 483 g/mol. The van der Waals surface area contributed by atoms with E-state index in [1.165, 1.54) is 12.1 Å². The zero-order valence-corrected chi connectivity index (χ0v) is 20.4. The van der Waals surface area contributed by atoms with Gasteiger partial charge in [0.2, 0.25) is 5.91 Å². The zero-order valence-electron chi connectivity index (χ0n) is 20.4. The number of benzene rings is 2. The Bertz CT molecular complexity index is 1150. The van der Waals surface area contributed by atoms with E-state index in [0.29, 0.717) is 62.3 Å². The van der Waals surface area contributed by atoms with Crippen molar-refractivity contribution in [2.24, 2.45) is 0 Å². The number of carbonyl (C=O) groups is 2. The number of carbonyl (C=O) groups excluding carboxylic acids is 2. The van der Waals surface area contributed by atoms with Crippen molar-refractivity contribution >= 4 is 17.6 Å². The van der Waals surface area contributed by atoms with Crippen LogP contribution in [0.3, 0.4) is 0 Å². The van der Waals surface area contributed by atoms with Crippen LogP contribution >= 0.6 is 0 Å². The number of phenolic OH excluding ortho intramolecular Hbond substituents is 1.